The minimum atomic E-state index is -0.678. The molecule has 11 heteroatoms. The summed E-state index contributed by atoms with van der Waals surface area (Å²) < 4.78 is 28.2. The van der Waals surface area contributed by atoms with E-state index in [1.165, 1.54) is 12.1 Å². The van der Waals surface area contributed by atoms with Crippen molar-refractivity contribution < 1.29 is 18.7 Å². The van der Waals surface area contributed by atoms with Crippen LogP contribution in [0.3, 0.4) is 0 Å². The van der Waals surface area contributed by atoms with Crippen LogP contribution in [0.1, 0.15) is 38.4 Å². The van der Waals surface area contributed by atoms with Gasteiger partial charge in [-0.25, -0.2) is 18.9 Å². The van der Waals surface area contributed by atoms with Gasteiger partial charge in [-0.1, -0.05) is 20.8 Å². The quantitative estimate of drug-likeness (QED) is 0.274. The molecule has 0 saturated carbocycles. The zero-order valence-corrected chi connectivity index (χ0v) is 22.3. The maximum atomic E-state index is 15.0. The van der Waals surface area contributed by atoms with Gasteiger partial charge in [0.1, 0.15) is 17.4 Å². The summed E-state index contributed by atoms with van der Waals surface area (Å²) in [6.07, 6.45) is 2.40. The van der Waals surface area contributed by atoms with E-state index < -0.39 is 11.8 Å². The number of pyridine rings is 1. The zero-order chi connectivity index (χ0) is 28.3. The third-order valence-electron chi connectivity index (χ3n) is 6.11. The Balaban J connectivity index is 1.33. The van der Waals surface area contributed by atoms with Crippen LogP contribution in [0.2, 0.25) is 0 Å². The van der Waals surface area contributed by atoms with Gasteiger partial charge in [-0.05, 0) is 42.8 Å². The maximum absolute atomic E-state index is 15.0. The van der Waals surface area contributed by atoms with Crippen LogP contribution in [0.25, 0.3) is 5.69 Å². The Bertz CT molecular complexity index is 1590. The zero-order valence-electron chi connectivity index (χ0n) is 22.3. The van der Waals surface area contributed by atoms with Crippen LogP contribution in [0.4, 0.5) is 26.5 Å². The molecule has 3 N–H and O–H groups in total. The molecule has 204 valence electrons. The van der Waals surface area contributed by atoms with Gasteiger partial charge in [-0.3, -0.25) is 5.32 Å². The van der Waals surface area contributed by atoms with Crippen molar-refractivity contribution in [3.63, 3.8) is 0 Å². The Labute approximate surface area is 230 Å². The summed E-state index contributed by atoms with van der Waals surface area (Å²) in [5, 5.41) is 22.2. The average molecular weight is 542 g/mol. The number of carbonyl (C=O) groups excluding carboxylic acids is 1. The Morgan fingerprint density at radius 1 is 1.15 bits per heavy atom. The highest BCUT2D eigenvalue weighted by molar-refractivity contribution is 5.99. The molecule has 10 nitrogen and oxygen atoms in total. The Morgan fingerprint density at radius 3 is 2.67 bits per heavy atom. The molecule has 4 aromatic rings. The van der Waals surface area contributed by atoms with Crippen LogP contribution in [-0.4, -0.2) is 33.9 Å². The highest BCUT2D eigenvalue weighted by Crippen LogP contribution is 2.38. The van der Waals surface area contributed by atoms with E-state index in [1.807, 2.05) is 20.8 Å². The number of fused-ring (bicyclic) bond motifs is 1. The Kier molecular flexibility index (Phi) is 7.25. The summed E-state index contributed by atoms with van der Waals surface area (Å²) in [5.41, 5.74) is 1.59. The lowest BCUT2D eigenvalue weighted by molar-refractivity contribution is 0.262. The van der Waals surface area contributed by atoms with Crippen LogP contribution in [0.15, 0.2) is 60.8 Å². The van der Waals surface area contributed by atoms with Crippen LogP contribution in [-0.2, 0) is 5.41 Å². The SMILES string of the molecule is CC(C)(C)c1cc(NC(=O)Nc2ccc(Oc3ccnc4c3OCCCN4)cc2F)n(-c2ccc(C#N)cc2)n1. The number of rotatable bonds is 5. The van der Waals surface area contributed by atoms with Gasteiger partial charge in [0.2, 0.25) is 5.75 Å². The van der Waals surface area contributed by atoms with Gasteiger partial charge in [0.05, 0.1) is 35.3 Å². The summed E-state index contributed by atoms with van der Waals surface area (Å²) >= 11 is 0. The molecular weight excluding hydrogens is 513 g/mol. The summed E-state index contributed by atoms with van der Waals surface area (Å²) in [6.45, 7) is 7.26. The maximum Gasteiger partial charge on any atom is 0.324 e. The molecule has 1 aliphatic rings. The molecule has 3 heterocycles. The van der Waals surface area contributed by atoms with Crippen LogP contribution in [0.5, 0.6) is 17.2 Å². The van der Waals surface area contributed by atoms with Crippen molar-refractivity contribution in [1.82, 2.24) is 14.8 Å². The summed E-state index contributed by atoms with van der Waals surface area (Å²) in [4.78, 5) is 17.2. The van der Waals surface area contributed by atoms with Gasteiger partial charge in [-0.15, -0.1) is 0 Å². The largest absolute Gasteiger partial charge is 0.486 e. The Hall–Kier alpha value is -5.11. The first-order valence-electron chi connectivity index (χ1n) is 12.7. The third kappa shape index (κ3) is 5.81. The van der Waals surface area contributed by atoms with E-state index in [9.17, 15) is 4.79 Å². The monoisotopic (exact) mass is 541 g/mol. The van der Waals surface area contributed by atoms with Crippen LogP contribution >= 0.6 is 0 Å². The molecule has 0 aliphatic carbocycles. The number of hydrogen-bond donors (Lipinski definition) is 3. The molecule has 0 unspecified atom stereocenters. The summed E-state index contributed by atoms with van der Waals surface area (Å²) in [5.74, 6) is 1.39. The number of halogens is 1. The molecule has 5 rings (SSSR count). The molecule has 2 amide bonds. The minimum Gasteiger partial charge on any atom is -0.486 e. The highest BCUT2D eigenvalue weighted by Gasteiger charge is 2.22. The van der Waals surface area contributed by atoms with Crippen molar-refractivity contribution in [1.29, 1.82) is 5.26 Å². The number of aromatic nitrogens is 3. The van der Waals surface area contributed by atoms with Crippen molar-refractivity contribution in [2.75, 3.05) is 29.1 Å². The number of nitrogens with one attached hydrogen (secondary N) is 3. The second-order valence-corrected chi connectivity index (χ2v) is 10.2. The number of ether oxygens (including phenoxy) is 2. The number of benzene rings is 2. The molecule has 40 heavy (non-hydrogen) atoms. The first kappa shape index (κ1) is 26.5. The first-order chi connectivity index (χ1) is 19.2. The molecule has 0 saturated heterocycles. The predicted molar refractivity (Wildman–Crippen MR) is 149 cm³/mol. The lowest BCUT2D eigenvalue weighted by Gasteiger charge is -2.14. The number of hydrogen-bond acceptors (Lipinski definition) is 7. The van der Waals surface area contributed by atoms with Gasteiger partial charge < -0.3 is 20.1 Å². The van der Waals surface area contributed by atoms with Crippen molar-refractivity contribution in [3.05, 3.63) is 77.9 Å². The summed E-state index contributed by atoms with van der Waals surface area (Å²) in [6, 6.07) is 15.8. The van der Waals surface area contributed by atoms with Crippen LogP contribution < -0.4 is 25.4 Å². The minimum absolute atomic E-state index is 0.0307. The molecule has 2 aromatic carbocycles. The molecule has 2 aromatic heterocycles. The number of urea groups is 1. The van der Waals surface area contributed by atoms with Gasteiger partial charge >= 0.3 is 6.03 Å². The van der Waals surface area contributed by atoms with Crippen molar-refractivity contribution in [2.24, 2.45) is 0 Å². The third-order valence-corrected chi connectivity index (χ3v) is 6.11. The number of carbonyl (C=O) groups is 1. The molecule has 0 atom stereocenters. The number of nitriles is 1. The van der Waals surface area contributed by atoms with E-state index in [2.05, 4.69) is 32.1 Å². The molecule has 0 bridgehead atoms. The van der Waals surface area contributed by atoms with Gasteiger partial charge in [0.25, 0.3) is 0 Å². The molecule has 0 fully saturated rings. The average Bonchev–Trinajstić information content (AvgIpc) is 3.20. The summed E-state index contributed by atoms with van der Waals surface area (Å²) in [7, 11) is 0. The fraction of sp³-hybridized carbons (Fsp3) is 0.241. The Morgan fingerprint density at radius 2 is 1.95 bits per heavy atom. The normalized spacial score (nSPS) is 12.7. The number of amides is 2. The van der Waals surface area contributed by atoms with Crippen molar-refractivity contribution >= 4 is 23.4 Å². The van der Waals surface area contributed by atoms with Crippen molar-refractivity contribution in [3.8, 4) is 29.0 Å². The second-order valence-electron chi connectivity index (χ2n) is 10.2. The van der Waals surface area contributed by atoms with E-state index >= 15 is 4.39 Å². The van der Waals surface area contributed by atoms with E-state index in [-0.39, 0.29) is 16.9 Å². The van der Waals surface area contributed by atoms with Gasteiger partial charge in [-0.2, -0.15) is 10.4 Å². The van der Waals surface area contributed by atoms with E-state index in [0.29, 0.717) is 41.0 Å². The van der Waals surface area contributed by atoms with Gasteiger partial charge in [0, 0.05) is 36.4 Å². The standard InChI is InChI=1S/C29H28FN7O3/c1-29(2,3)24-16-25(37(36-24)19-7-5-18(17-31)6-8-19)35-28(38)34-22-10-9-20(15-21(22)30)40-23-11-13-33-27-26(23)39-14-4-12-32-27/h5-11,13,15-16H,4,12,14H2,1-3H3,(H,32,33)(H2,34,35,38). The van der Waals surface area contributed by atoms with Crippen LogP contribution in [0, 0.1) is 17.1 Å². The smallest absolute Gasteiger partial charge is 0.324 e. The molecular formula is C29H28FN7O3. The highest BCUT2D eigenvalue weighted by atomic mass is 19.1. The molecule has 0 spiro atoms. The number of nitrogens with zero attached hydrogens (tertiary/aromatic N) is 4. The molecule has 0 radical (unpaired) electrons. The fourth-order valence-electron chi connectivity index (χ4n) is 4.00. The van der Waals surface area contributed by atoms with E-state index in [0.717, 1.165) is 18.7 Å². The van der Waals surface area contributed by atoms with Crippen molar-refractivity contribution in [2.45, 2.75) is 32.6 Å². The predicted octanol–water partition coefficient (Wildman–Crippen LogP) is 6.21. The first-order valence-corrected chi connectivity index (χ1v) is 12.7. The second kappa shape index (κ2) is 10.9. The number of anilines is 3. The van der Waals surface area contributed by atoms with E-state index in [1.54, 1.807) is 53.3 Å². The topological polar surface area (TPSA) is 126 Å². The van der Waals surface area contributed by atoms with Gasteiger partial charge in [0.15, 0.2) is 11.6 Å². The van der Waals surface area contributed by atoms with E-state index in [4.69, 9.17) is 14.7 Å². The fourth-order valence-corrected chi connectivity index (χ4v) is 4.00. The lowest BCUT2D eigenvalue weighted by atomic mass is 9.92. The molecule has 1 aliphatic heterocycles. The lowest BCUT2D eigenvalue weighted by Crippen LogP contribution is -2.22.